The van der Waals surface area contributed by atoms with E-state index in [9.17, 15) is 4.79 Å². The number of amides is 1. The normalized spacial score (nSPS) is 9.72. The van der Waals surface area contributed by atoms with Crippen LogP contribution >= 0.6 is 12.4 Å². The quantitative estimate of drug-likeness (QED) is 0.835. The molecule has 102 valence electrons. The molecule has 0 atom stereocenters. The van der Waals surface area contributed by atoms with Crippen molar-refractivity contribution in [2.24, 2.45) is 0 Å². The maximum atomic E-state index is 12.4. The Kier molecular flexibility index (Phi) is 7.44. The number of nitrogen functional groups attached to an aromatic ring is 1. The summed E-state index contributed by atoms with van der Waals surface area (Å²) in [6.45, 7) is 7.73. The van der Waals surface area contributed by atoms with Crippen molar-refractivity contribution in [1.29, 1.82) is 0 Å². The highest BCUT2D eigenvalue weighted by Gasteiger charge is 2.16. The summed E-state index contributed by atoms with van der Waals surface area (Å²) in [5.41, 5.74) is 8.10. The molecule has 0 radical (unpaired) electrons. The minimum absolute atomic E-state index is 0. The summed E-state index contributed by atoms with van der Waals surface area (Å²) in [6, 6.07) is 5.50. The zero-order valence-corrected chi connectivity index (χ0v) is 12.2. The number of anilines is 1. The average Bonchev–Trinajstić information content (AvgIpc) is 2.31. The maximum absolute atomic E-state index is 12.4. The van der Waals surface area contributed by atoms with Gasteiger partial charge in [0.1, 0.15) is 0 Å². The molecule has 2 N–H and O–H groups in total. The summed E-state index contributed by atoms with van der Waals surface area (Å²) < 4.78 is 0. The fraction of sp³-hybridized carbons (Fsp3) is 0.500. The number of nitrogens with two attached hydrogens (primary N) is 1. The van der Waals surface area contributed by atoms with Gasteiger partial charge in [-0.1, -0.05) is 19.9 Å². The third-order valence-corrected chi connectivity index (χ3v) is 2.77. The van der Waals surface area contributed by atoms with Crippen LogP contribution in [0.5, 0.6) is 0 Å². The van der Waals surface area contributed by atoms with Crippen molar-refractivity contribution < 1.29 is 4.79 Å². The predicted octanol–water partition coefficient (Wildman–Crippen LogP) is 3.26. The van der Waals surface area contributed by atoms with E-state index < -0.39 is 0 Å². The predicted molar refractivity (Wildman–Crippen MR) is 79.3 cm³/mol. The molecule has 1 aromatic carbocycles. The van der Waals surface area contributed by atoms with Gasteiger partial charge >= 0.3 is 0 Å². The van der Waals surface area contributed by atoms with Crippen molar-refractivity contribution >= 4 is 24.0 Å². The van der Waals surface area contributed by atoms with E-state index in [1.54, 1.807) is 6.07 Å². The number of nitrogens with zero attached hydrogens (tertiary/aromatic N) is 1. The van der Waals surface area contributed by atoms with Gasteiger partial charge in [0.05, 0.1) is 0 Å². The minimum Gasteiger partial charge on any atom is -0.399 e. The Morgan fingerprint density at radius 2 is 1.78 bits per heavy atom. The number of aryl methyl sites for hydroxylation is 1. The molecule has 1 aromatic rings. The third kappa shape index (κ3) is 4.22. The van der Waals surface area contributed by atoms with E-state index >= 15 is 0 Å². The molecule has 0 saturated heterocycles. The van der Waals surface area contributed by atoms with Crippen LogP contribution in [0.2, 0.25) is 0 Å². The average molecular weight is 271 g/mol. The largest absolute Gasteiger partial charge is 0.399 e. The van der Waals surface area contributed by atoms with Gasteiger partial charge in [-0.3, -0.25) is 4.79 Å². The van der Waals surface area contributed by atoms with Crippen molar-refractivity contribution in [3.63, 3.8) is 0 Å². The summed E-state index contributed by atoms with van der Waals surface area (Å²) in [6.07, 6.45) is 1.96. The topological polar surface area (TPSA) is 46.3 Å². The molecule has 0 unspecified atom stereocenters. The second-order valence-corrected chi connectivity index (χ2v) is 4.37. The van der Waals surface area contributed by atoms with Gasteiger partial charge in [-0.15, -0.1) is 12.4 Å². The van der Waals surface area contributed by atoms with Crippen molar-refractivity contribution in [2.45, 2.75) is 33.6 Å². The number of hydrogen-bond acceptors (Lipinski definition) is 2. The first kappa shape index (κ1) is 16.8. The van der Waals surface area contributed by atoms with Gasteiger partial charge in [0.15, 0.2) is 0 Å². The zero-order chi connectivity index (χ0) is 12.8. The molecule has 0 aromatic heterocycles. The van der Waals surface area contributed by atoms with Crippen LogP contribution in [0.15, 0.2) is 18.2 Å². The number of rotatable bonds is 5. The van der Waals surface area contributed by atoms with Gasteiger partial charge in [-0.25, -0.2) is 0 Å². The molecule has 0 spiro atoms. The maximum Gasteiger partial charge on any atom is 0.254 e. The van der Waals surface area contributed by atoms with Crippen molar-refractivity contribution in [3.8, 4) is 0 Å². The molecular formula is C14H23ClN2O. The molecule has 18 heavy (non-hydrogen) atoms. The molecule has 3 nitrogen and oxygen atoms in total. The second-order valence-electron chi connectivity index (χ2n) is 4.37. The molecule has 0 heterocycles. The Hall–Kier alpha value is -1.22. The van der Waals surface area contributed by atoms with E-state index in [0.29, 0.717) is 5.69 Å². The van der Waals surface area contributed by atoms with E-state index in [0.717, 1.165) is 37.1 Å². The Morgan fingerprint density at radius 1 is 1.22 bits per heavy atom. The standard InChI is InChI=1S/C14H22N2O.ClH/c1-4-8-16(9-5-2)14(17)13-10-12(15)7-6-11(13)3;/h6-7,10H,4-5,8-9,15H2,1-3H3;1H. The van der Waals surface area contributed by atoms with E-state index in [1.807, 2.05) is 24.0 Å². The molecule has 0 aliphatic carbocycles. The molecule has 0 bridgehead atoms. The van der Waals surface area contributed by atoms with E-state index in [1.165, 1.54) is 0 Å². The summed E-state index contributed by atoms with van der Waals surface area (Å²) in [7, 11) is 0. The molecule has 0 aliphatic rings. The van der Waals surface area contributed by atoms with Crippen LogP contribution in [0.4, 0.5) is 5.69 Å². The Balaban J connectivity index is 0.00000289. The first-order chi connectivity index (χ1) is 8.10. The molecule has 0 saturated carbocycles. The highest BCUT2D eigenvalue weighted by molar-refractivity contribution is 5.96. The summed E-state index contributed by atoms with van der Waals surface area (Å²) in [5.74, 6) is 0.0958. The van der Waals surface area contributed by atoms with Crippen molar-refractivity contribution in [1.82, 2.24) is 4.90 Å². The van der Waals surface area contributed by atoms with Gasteiger partial charge in [0.2, 0.25) is 0 Å². The van der Waals surface area contributed by atoms with Crippen LogP contribution in [-0.2, 0) is 0 Å². The minimum atomic E-state index is 0. The SMILES string of the molecule is CCCN(CCC)C(=O)c1cc(N)ccc1C.Cl. The third-order valence-electron chi connectivity index (χ3n) is 2.77. The Labute approximate surface area is 116 Å². The van der Waals surface area contributed by atoms with Crippen LogP contribution in [0.25, 0.3) is 0 Å². The smallest absolute Gasteiger partial charge is 0.254 e. The second kappa shape index (κ2) is 7.98. The van der Waals surface area contributed by atoms with Gasteiger partial charge in [-0.2, -0.15) is 0 Å². The molecule has 0 fully saturated rings. The van der Waals surface area contributed by atoms with Gasteiger partial charge in [0, 0.05) is 24.3 Å². The van der Waals surface area contributed by atoms with Gasteiger partial charge in [-0.05, 0) is 37.5 Å². The number of benzene rings is 1. The lowest BCUT2D eigenvalue weighted by atomic mass is 10.1. The number of halogens is 1. The van der Waals surface area contributed by atoms with E-state index in [4.69, 9.17) is 5.73 Å². The monoisotopic (exact) mass is 270 g/mol. The lowest BCUT2D eigenvalue weighted by Gasteiger charge is -2.22. The molecule has 0 aliphatic heterocycles. The lowest BCUT2D eigenvalue weighted by Crippen LogP contribution is -2.33. The highest BCUT2D eigenvalue weighted by Crippen LogP contribution is 2.15. The molecule has 1 amide bonds. The van der Waals surface area contributed by atoms with Crippen LogP contribution in [0.1, 0.15) is 42.6 Å². The molecular weight excluding hydrogens is 248 g/mol. The van der Waals surface area contributed by atoms with Crippen LogP contribution in [0, 0.1) is 6.92 Å². The van der Waals surface area contributed by atoms with Crippen LogP contribution < -0.4 is 5.73 Å². The molecule has 4 heteroatoms. The number of carbonyl (C=O) groups excluding carboxylic acids is 1. The summed E-state index contributed by atoms with van der Waals surface area (Å²) >= 11 is 0. The fourth-order valence-corrected chi connectivity index (χ4v) is 1.90. The van der Waals surface area contributed by atoms with Crippen LogP contribution in [-0.4, -0.2) is 23.9 Å². The number of hydrogen-bond donors (Lipinski definition) is 1. The highest BCUT2D eigenvalue weighted by atomic mass is 35.5. The summed E-state index contributed by atoms with van der Waals surface area (Å²) in [4.78, 5) is 14.3. The van der Waals surface area contributed by atoms with Gasteiger partial charge < -0.3 is 10.6 Å². The fourth-order valence-electron chi connectivity index (χ4n) is 1.90. The van der Waals surface area contributed by atoms with E-state index in [2.05, 4.69) is 13.8 Å². The van der Waals surface area contributed by atoms with Crippen LogP contribution in [0.3, 0.4) is 0 Å². The first-order valence-corrected chi connectivity index (χ1v) is 6.25. The van der Waals surface area contributed by atoms with Crippen molar-refractivity contribution in [2.75, 3.05) is 18.8 Å². The van der Waals surface area contributed by atoms with E-state index in [-0.39, 0.29) is 18.3 Å². The Morgan fingerprint density at radius 3 is 2.28 bits per heavy atom. The zero-order valence-electron chi connectivity index (χ0n) is 11.4. The number of carbonyl (C=O) groups is 1. The van der Waals surface area contributed by atoms with Crippen molar-refractivity contribution in [3.05, 3.63) is 29.3 Å². The van der Waals surface area contributed by atoms with Gasteiger partial charge in [0.25, 0.3) is 5.91 Å². The first-order valence-electron chi connectivity index (χ1n) is 6.25. The Bertz CT molecular complexity index is 387. The lowest BCUT2D eigenvalue weighted by molar-refractivity contribution is 0.0755. The molecule has 1 rings (SSSR count). The summed E-state index contributed by atoms with van der Waals surface area (Å²) in [5, 5.41) is 0.